The molecule has 1 aliphatic heterocycles. The number of anilines is 1. The molecular formula is C16H25BrN2O. The summed E-state index contributed by atoms with van der Waals surface area (Å²) in [6.07, 6.45) is 3.40. The van der Waals surface area contributed by atoms with Crippen molar-refractivity contribution in [1.82, 2.24) is 5.32 Å². The third kappa shape index (κ3) is 4.21. The van der Waals surface area contributed by atoms with Crippen LogP contribution in [0.1, 0.15) is 31.7 Å². The maximum atomic E-state index is 5.44. The summed E-state index contributed by atoms with van der Waals surface area (Å²) in [5.74, 6) is 0. The minimum absolute atomic E-state index is 0.587. The predicted molar refractivity (Wildman–Crippen MR) is 88.4 cm³/mol. The summed E-state index contributed by atoms with van der Waals surface area (Å²) in [5.41, 5.74) is 2.60. The van der Waals surface area contributed by atoms with Crippen molar-refractivity contribution in [1.29, 1.82) is 0 Å². The van der Waals surface area contributed by atoms with Crippen LogP contribution in [0.25, 0.3) is 0 Å². The van der Waals surface area contributed by atoms with Crippen molar-refractivity contribution in [3.05, 3.63) is 28.2 Å². The van der Waals surface area contributed by atoms with Gasteiger partial charge in [-0.3, -0.25) is 0 Å². The molecule has 1 aromatic carbocycles. The second-order valence-electron chi connectivity index (χ2n) is 5.42. The van der Waals surface area contributed by atoms with Gasteiger partial charge < -0.3 is 15.0 Å². The van der Waals surface area contributed by atoms with E-state index in [1.54, 1.807) is 0 Å². The van der Waals surface area contributed by atoms with Gasteiger partial charge in [-0.05, 0) is 59.4 Å². The highest BCUT2D eigenvalue weighted by Gasteiger charge is 2.20. The molecular weight excluding hydrogens is 316 g/mol. The number of nitrogens with zero attached hydrogens (tertiary/aromatic N) is 1. The second kappa shape index (κ2) is 8.01. The Hall–Kier alpha value is -0.580. The van der Waals surface area contributed by atoms with Crippen molar-refractivity contribution in [2.24, 2.45) is 0 Å². The molecule has 0 amide bonds. The molecule has 112 valence electrons. The molecule has 1 fully saturated rings. The molecule has 1 aliphatic rings. The van der Waals surface area contributed by atoms with E-state index in [9.17, 15) is 0 Å². The van der Waals surface area contributed by atoms with Crippen LogP contribution in [0.15, 0.2) is 22.7 Å². The van der Waals surface area contributed by atoms with Crippen LogP contribution in [0.2, 0.25) is 0 Å². The first-order chi connectivity index (χ1) is 9.72. The third-order valence-electron chi connectivity index (χ3n) is 3.89. The van der Waals surface area contributed by atoms with Crippen LogP contribution in [0.3, 0.4) is 0 Å². The van der Waals surface area contributed by atoms with Gasteiger partial charge in [0.25, 0.3) is 0 Å². The Bertz CT molecular complexity index is 419. The number of halogens is 1. The van der Waals surface area contributed by atoms with Gasteiger partial charge in [0, 0.05) is 37.3 Å². The molecule has 0 atom stereocenters. The van der Waals surface area contributed by atoms with Crippen molar-refractivity contribution >= 4 is 21.6 Å². The number of ether oxygens (including phenoxy) is 1. The standard InChI is InChI=1S/C16H25BrN2O/c1-3-8-18-12-13-4-5-16(15(17)11-13)19(2)14-6-9-20-10-7-14/h4-5,11,14,18H,3,6-10,12H2,1-2H3. The van der Waals surface area contributed by atoms with E-state index in [0.717, 1.165) is 39.1 Å². The lowest BCUT2D eigenvalue weighted by atomic mass is 10.1. The first kappa shape index (κ1) is 15.8. The average Bonchev–Trinajstić information content (AvgIpc) is 2.48. The average molecular weight is 341 g/mol. The molecule has 0 radical (unpaired) electrons. The van der Waals surface area contributed by atoms with Crippen molar-refractivity contribution < 1.29 is 4.74 Å². The fraction of sp³-hybridized carbons (Fsp3) is 0.625. The Morgan fingerprint density at radius 2 is 2.10 bits per heavy atom. The molecule has 0 spiro atoms. The van der Waals surface area contributed by atoms with Gasteiger partial charge in [-0.15, -0.1) is 0 Å². The molecule has 1 heterocycles. The van der Waals surface area contributed by atoms with E-state index < -0.39 is 0 Å². The number of hydrogen-bond donors (Lipinski definition) is 1. The van der Waals surface area contributed by atoms with Crippen molar-refractivity contribution in [2.75, 3.05) is 31.7 Å². The molecule has 4 heteroatoms. The van der Waals surface area contributed by atoms with Gasteiger partial charge in [-0.2, -0.15) is 0 Å². The molecule has 0 bridgehead atoms. The summed E-state index contributed by atoms with van der Waals surface area (Å²) in [7, 11) is 2.19. The van der Waals surface area contributed by atoms with Crippen LogP contribution in [0.5, 0.6) is 0 Å². The SMILES string of the molecule is CCCNCc1ccc(N(C)C2CCOCC2)c(Br)c1. The summed E-state index contributed by atoms with van der Waals surface area (Å²) >= 11 is 3.72. The maximum absolute atomic E-state index is 5.44. The molecule has 1 saturated heterocycles. The van der Waals surface area contributed by atoms with E-state index in [-0.39, 0.29) is 0 Å². The number of benzene rings is 1. The third-order valence-corrected chi connectivity index (χ3v) is 4.52. The zero-order valence-corrected chi connectivity index (χ0v) is 14.1. The van der Waals surface area contributed by atoms with Crippen molar-refractivity contribution in [2.45, 2.75) is 38.8 Å². The lowest BCUT2D eigenvalue weighted by molar-refractivity contribution is 0.0854. The normalized spacial score (nSPS) is 16.4. The fourth-order valence-electron chi connectivity index (χ4n) is 2.63. The highest BCUT2D eigenvalue weighted by atomic mass is 79.9. The smallest absolute Gasteiger partial charge is 0.0510 e. The molecule has 0 aromatic heterocycles. The summed E-state index contributed by atoms with van der Waals surface area (Å²) < 4.78 is 6.63. The molecule has 0 aliphatic carbocycles. The van der Waals surface area contributed by atoms with Gasteiger partial charge in [0.2, 0.25) is 0 Å². The van der Waals surface area contributed by atoms with E-state index in [2.05, 4.69) is 58.3 Å². The Kier molecular flexibility index (Phi) is 6.33. The summed E-state index contributed by atoms with van der Waals surface area (Å²) in [4.78, 5) is 2.38. The Labute approximate surface area is 130 Å². The number of rotatable bonds is 6. The van der Waals surface area contributed by atoms with Gasteiger partial charge in [-0.25, -0.2) is 0 Å². The summed E-state index contributed by atoms with van der Waals surface area (Å²) in [6.45, 7) is 5.96. The Morgan fingerprint density at radius 3 is 2.75 bits per heavy atom. The van der Waals surface area contributed by atoms with Crippen LogP contribution < -0.4 is 10.2 Å². The van der Waals surface area contributed by atoms with Crippen LogP contribution in [0, 0.1) is 0 Å². The largest absolute Gasteiger partial charge is 0.381 e. The molecule has 1 aromatic rings. The minimum atomic E-state index is 0.587. The van der Waals surface area contributed by atoms with Gasteiger partial charge >= 0.3 is 0 Å². The van der Waals surface area contributed by atoms with E-state index in [1.165, 1.54) is 22.1 Å². The van der Waals surface area contributed by atoms with E-state index >= 15 is 0 Å². The van der Waals surface area contributed by atoms with Gasteiger partial charge in [0.1, 0.15) is 0 Å². The zero-order valence-electron chi connectivity index (χ0n) is 12.5. The van der Waals surface area contributed by atoms with Gasteiger partial charge in [0.15, 0.2) is 0 Å². The van der Waals surface area contributed by atoms with E-state index in [1.807, 2.05) is 0 Å². The predicted octanol–water partition coefficient (Wildman–Crippen LogP) is 3.56. The van der Waals surface area contributed by atoms with Crippen molar-refractivity contribution in [3.8, 4) is 0 Å². The maximum Gasteiger partial charge on any atom is 0.0510 e. The molecule has 1 N–H and O–H groups in total. The number of nitrogens with one attached hydrogen (secondary N) is 1. The topological polar surface area (TPSA) is 24.5 Å². The second-order valence-corrected chi connectivity index (χ2v) is 6.27. The fourth-order valence-corrected chi connectivity index (χ4v) is 3.33. The molecule has 20 heavy (non-hydrogen) atoms. The van der Waals surface area contributed by atoms with Gasteiger partial charge in [-0.1, -0.05) is 13.0 Å². The first-order valence-electron chi connectivity index (χ1n) is 7.52. The van der Waals surface area contributed by atoms with Gasteiger partial charge in [0.05, 0.1) is 5.69 Å². The Balaban J connectivity index is 2.00. The molecule has 0 unspecified atom stereocenters. The van der Waals surface area contributed by atoms with Crippen LogP contribution in [-0.2, 0) is 11.3 Å². The molecule has 2 rings (SSSR count). The van der Waals surface area contributed by atoms with Crippen LogP contribution in [0.4, 0.5) is 5.69 Å². The summed E-state index contributed by atoms with van der Waals surface area (Å²) in [6, 6.07) is 7.26. The monoisotopic (exact) mass is 340 g/mol. The zero-order chi connectivity index (χ0) is 14.4. The lowest BCUT2D eigenvalue weighted by Crippen LogP contribution is -2.36. The lowest BCUT2D eigenvalue weighted by Gasteiger charge is -2.33. The molecule has 3 nitrogen and oxygen atoms in total. The van der Waals surface area contributed by atoms with E-state index in [0.29, 0.717) is 6.04 Å². The van der Waals surface area contributed by atoms with E-state index in [4.69, 9.17) is 4.74 Å². The quantitative estimate of drug-likeness (QED) is 0.801. The molecule has 0 saturated carbocycles. The summed E-state index contributed by atoms with van der Waals surface area (Å²) in [5, 5.41) is 3.44. The number of hydrogen-bond acceptors (Lipinski definition) is 3. The van der Waals surface area contributed by atoms with Crippen molar-refractivity contribution in [3.63, 3.8) is 0 Å². The highest BCUT2D eigenvalue weighted by Crippen LogP contribution is 2.30. The van der Waals surface area contributed by atoms with Crippen LogP contribution >= 0.6 is 15.9 Å². The first-order valence-corrected chi connectivity index (χ1v) is 8.31. The van der Waals surface area contributed by atoms with Crippen LogP contribution in [-0.4, -0.2) is 32.8 Å². The Morgan fingerprint density at radius 1 is 1.35 bits per heavy atom. The highest BCUT2D eigenvalue weighted by molar-refractivity contribution is 9.10. The minimum Gasteiger partial charge on any atom is -0.381 e.